The van der Waals surface area contributed by atoms with Gasteiger partial charge < -0.3 is 11.5 Å². The molecular formula is C19H41N3. The first kappa shape index (κ1) is 21.4. The molecule has 0 aliphatic heterocycles. The van der Waals surface area contributed by atoms with Crippen LogP contribution in [0.2, 0.25) is 0 Å². The van der Waals surface area contributed by atoms with Gasteiger partial charge in [0.1, 0.15) is 0 Å². The van der Waals surface area contributed by atoms with E-state index in [1.807, 2.05) is 0 Å². The van der Waals surface area contributed by atoms with Crippen molar-refractivity contribution in [3.63, 3.8) is 0 Å². The van der Waals surface area contributed by atoms with Crippen LogP contribution in [0, 0.1) is 0 Å². The maximum Gasteiger partial charge on any atom is 0.0949 e. The summed E-state index contributed by atoms with van der Waals surface area (Å²) in [4.78, 5) is 4.32. The van der Waals surface area contributed by atoms with Gasteiger partial charge in [-0.05, 0) is 13.0 Å². The van der Waals surface area contributed by atoms with Crippen LogP contribution in [0.5, 0.6) is 0 Å². The fourth-order valence-electron chi connectivity index (χ4n) is 2.76. The largest absolute Gasteiger partial charge is 0.387 e. The van der Waals surface area contributed by atoms with Crippen LogP contribution in [0.3, 0.4) is 0 Å². The molecule has 0 aromatic carbocycles. The summed E-state index contributed by atoms with van der Waals surface area (Å²) in [6.07, 6.45) is 20.2. The van der Waals surface area contributed by atoms with E-state index < -0.39 is 0 Å². The number of hydrogen-bond acceptors (Lipinski definition) is 2. The van der Waals surface area contributed by atoms with Crippen LogP contribution in [0.25, 0.3) is 0 Å². The Labute approximate surface area is 139 Å². The Morgan fingerprint density at radius 3 is 1.50 bits per heavy atom. The summed E-state index contributed by atoms with van der Waals surface area (Å²) in [7, 11) is 0. The number of rotatable bonds is 17. The van der Waals surface area contributed by atoms with Gasteiger partial charge in [0.15, 0.2) is 0 Å². The van der Waals surface area contributed by atoms with E-state index in [0.29, 0.717) is 6.54 Å². The van der Waals surface area contributed by atoms with Crippen molar-refractivity contribution in [1.82, 2.24) is 0 Å². The molecule has 0 rings (SSSR count). The van der Waals surface area contributed by atoms with E-state index in [2.05, 4.69) is 11.9 Å². The van der Waals surface area contributed by atoms with Gasteiger partial charge in [0, 0.05) is 13.0 Å². The first-order valence-electron chi connectivity index (χ1n) is 9.80. The summed E-state index contributed by atoms with van der Waals surface area (Å²) in [6, 6.07) is 0. The lowest BCUT2D eigenvalue weighted by Gasteiger charge is -2.03. The van der Waals surface area contributed by atoms with Gasteiger partial charge in [-0.1, -0.05) is 90.4 Å². The Bertz CT molecular complexity index is 239. The van der Waals surface area contributed by atoms with E-state index in [4.69, 9.17) is 11.5 Å². The van der Waals surface area contributed by atoms with Crippen molar-refractivity contribution in [3.05, 3.63) is 0 Å². The SMILES string of the molecule is CCCCCCCCCCCCCCCCN=C(N)CCN. The molecule has 0 aliphatic carbocycles. The highest BCUT2D eigenvalue weighted by atomic mass is 14.8. The molecule has 0 bridgehead atoms. The standard InChI is InChI=1S/C19H41N3/c1-2-3-4-5-6-7-8-9-10-11-12-13-14-15-18-22-19(21)16-17-20/h2-18,20H2,1H3,(H2,21,22). The minimum atomic E-state index is 0.605. The van der Waals surface area contributed by atoms with Crippen LogP contribution in [-0.4, -0.2) is 18.9 Å². The molecule has 0 heterocycles. The maximum atomic E-state index is 5.71. The monoisotopic (exact) mass is 311 g/mol. The average molecular weight is 312 g/mol. The van der Waals surface area contributed by atoms with Crippen molar-refractivity contribution < 1.29 is 0 Å². The molecule has 0 aromatic rings. The van der Waals surface area contributed by atoms with Crippen molar-refractivity contribution in [1.29, 1.82) is 0 Å². The second kappa shape index (κ2) is 18.5. The van der Waals surface area contributed by atoms with E-state index in [-0.39, 0.29) is 0 Å². The zero-order chi connectivity index (χ0) is 16.3. The minimum Gasteiger partial charge on any atom is -0.387 e. The number of unbranched alkanes of at least 4 members (excludes halogenated alkanes) is 13. The summed E-state index contributed by atoms with van der Waals surface area (Å²) in [5.74, 6) is 0.720. The summed E-state index contributed by atoms with van der Waals surface area (Å²) in [6.45, 7) is 3.77. The molecular weight excluding hydrogens is 270 g/mol. The Morgan fingerprint density at radius 1 is 0.682 bits per heavy atom. The van der Waals surface area contributed by atoms with E-state index in [9.17, 15) is 0 Å². The number of amidine groups is 1. The first-order valence-corrected chi connectivity index (χ1v) is 9.80. The zero-order valence-electron chi connectivity index (χ0n) is 15.1. The second-order valence-electron chi connectivity index (χ2n) is 6.51. The molecule has 3 nitrogen and oxygen atoms in total. The summed E-state index contributed by atoms with van der Waals surface area (Å²) >= 11 is 0. The molecule has 0 saturated heterocycles. The van der Waals surface area contributed by atoms with Crippen LogP contribution in [0.1, 0.15) is 103 Å². The molecule has 0 fully saturated rings. The highest BCUT2D eigenvalue weighted by Crippen LogP contribution is 2.12. The number of hydrogen-bond donors (Lipinski definition) is 2. The normalized spacial score (nSPS) is 12.0. The predicted octanol–water partition coefficient (Wildman–Crippen LogP) is 5.17. The van der Waals surface area contributed by atoms with Gasteiger partial charge in [0.25, 0.3) is 0 Å². The number of nitrogens with two attached hydrogens (primary N) is 2. The van der Waals surface area contributed by atoms with Gasteiger partial charge in [-0.15, -0.1) is 0 Å². The molecule has 0 atom stereocenters. The fourth-order valence-corrected chi connectivity index (χ4v) is 2.76. The Balaban J connectivity index is 3.07. The quantitative estimate of drug-likeness (QED) is 0.221. The molecule has 0 radical (unpaired) electrons. The number of nitrogens with zero attached hydrogens (tertiary/aromatic N) is 1. The van der Waals surface area contributed by atoms with Gasteiger partial charge in [0.2, 0.25) is 0 Å². The molecule has 0 spiro atoms. The molecule has 132 valence electrons. The third-order valence-electron chi connectivity index (χ3n) is 4.23. The lowest BCUT2D eigenvalue weighted by atomic mass is 10.0. The zero-order valence-corrected chi connectivity index (χ0v) is 15.1. The Morgan fingerprint density at radius 2 is 1.09 bits per heavy atom. The molecule has 4 N–H and O–H groups in total. The maximum absolute atomic E-state index is 5.71. The second-order valence-corrected chi connectivity index (χ2v) is 6.51. The topological polar surface area (TPSA) is 64.4 Å². The highest BCUT2D eigenvalue weighted by Gasteiger charge is 1.94. The molecule has 22 heavy (non-hydrogen) atoms. The van der Waals surface area contributed by atoms with Gasteiger partial charge in [0.05, 0.1) is 5.84 Å². The van der Waals surface area contributed by atoms with E-state index in [1.165, 1.54) is 89.9 Å². The summed E-state index contributed by atoms with van der Waals surface area (Å²) in [5.41, 5.74) is 11.1. The average Bonchev–Trinajstić information content (AvgIpc) is 2.51. The summed E-state index contributed by atoms with van der Waals surface area (Å²) < 4.78 is 0. The van der Waals surface area contributed by atoms with Crippen LogP contribution < -0.4 is 11.5 Å². The van der Waals surface area contributed by atoms with Crippen LogP contribution in [-0.2, 0) is 0 Å². The Kier molecular flexibility index (Phi) is 18.0. The van der Waals surface area contributed by atoms with Gasteiger partial charge in [-0.2, -0.15) is 0 Å². The third-order valence-corrected chi connectivity index (χ3v) is 4.23. The van der Waals surface area contributed by atoms with Gasteiger partial charge in [-0.25, -0.2) is 0 Å². The Hall–Kier alpha value is -0.570. The van der Waals surface area contributed by atoms with Gasteiger partial charge >= 0.3 is 0 Å². The molecule has 3 heteroatoms. The first-order chi connectivity index (χ1) is 10.8. The smallest absolute Gasteiger partial charge is 0.0949 e. The predicted molar refractivity (Wildman–Crippen MR) is 100 cm³/mol. The minimum absolute atomic E-state index is 0.605. The van der Waals surface area contributed by atoms with E-state index >= 15 is 0 Å². The molecule has 0 aliphatic rings. The van der Waals surface area contributed by atoms with Crippen molar-refractivity contribution in [2.75, 3.05) is 13.1 Å². The van der Waals surface area contributed by atoms with E-state index in [1.54, 1.807) is 0 Å². The lowest BCUT2D eigenvalue weighted by molar-refractivity contribution is 0.536. The van der Waals surface area contributed by atoms with E-state index in [0.717, 1.165) is 18.8 Å². The van der Waals surface area contributed by atoms with Crippen molar-refractivity contribution in [2.45, 2.75) is 103 Å². The summed E-state index contributed by atoms with van der Waals surface area (Å²) in [5, 5.41) is 0. The molecule has 0 saturated carbocycles. The third kappa shape index (κ3) is 17.5. The van der Waals surface area contributed by atoms with Crippen LogP contribution in [0.15, 0.2) is 4.99 Å². The molecule has 0 amide bonds. The van der Waals surface area contributed by atoms with Crippen LogP contribution >= 0.6 is 0 Å². The molecule has 0 unspecified atom stereocenters. The van der Waals surface area contributed by atoms with Crippen molar-refractivity contribution in [3.8, 4) is 0 Å². The molecule has 0 aromatic heterocycles. The lowest BCUT2D eigenvalue weighted by Crippen LogP contribution is -2.17. The fraction of sp³-hybridized carbons (Fsp3) is 0.947. The van der Waals surface area contributed by atoms with Crippen molar-refractivity contribution >= 4 is 5.84 Å². The van der Waals surface area contributed by atoms with Crippen LogP contribution in [0.4, 0.5) is 0 Å². The number of aliphatic imine (C=N–C) groups is 1. The highest BCUT2D eigenvalue weighted by molar-refractivity contribution is 5.80. The van der Waals surface area contributed by atoms with Gasteiger partial charge in [-0.3, -0.25) is 4.99 Å². The van der Waals surface area contributed by atoms with Crippen molar-refractivity contribution in [2.24, 2.45) is 16.5 Å².